The van der Waals surface area contributed by atoms with E-state index in [4.69, 9.17) is 4.42 Å². The first-order valence-electron chi connectivity index (χ1n) is 11.0. The Labute approximate surface area is 191 Å². The van der Waals surface area contributed by atoms with Crippen LogP contribution in [-0.2, 0) is 16.1 Å². The van der Waals surface area contributed by atoms with Gasteiger partial charge in [-0.2, -0.15) is 0 Å². The van der Waals surface area contributed by atoms with Gasteiger partial charge in [-0.05, 0) is 54.8 Å². The van der Waals surface area contributed by atoms with Crippen molar-refractivity contribution in [2.24, 2.45) is 0 Å². The number of para-hydroxylation sites is 2. The largest absolute Gasteiger partial charge is 0.467 e. The van der Waals surface area contributed by atoms with Crippen LogP contribution in [0.5, 0.6) is 0 Å². The number of ketones is 1. The molecule has 1 aliphatic carbocycles. The van der Waals surface area contributed by atoms with Gasteiger partial charge in [0.25, 0.3) is 0 Å². The Morgan fingerprint density at radius 1 is 1.12 bits per heavy atom. The monoisotopic (exact) mass is 445 g/mol. The number of hydrogen-bond acceptors (Lipinski definition) is 5. The van der Waals surface area contributed by atoms with Gasteiger partial charge in [0.15, 0.2) is 5.78 Å². The number of nitrogens with zero attached hydrogens (tertiary/aromatic N) is 1. The van der Waals surface area contributed by atoms with Crippen LogP contribution in [0.15, 0.2) is 82.6 Å². The van der Waals surface area contributed by atoms with Crippen molar-refractivity contribution < 1.29 is 18.4 Å². The number of fused-ring (bicyclic) bond motifs is 1. The lowest BCUT2D eigenvalue weighted by atomic mass is 9.88. The summed E-state index contributed by atoms with van der Waals surface area (Å²) >= 11 is 0. The summed E-state index contributed by atoms with van der Waals surface area (Å²) in [6.45, 7) is 0.214. The Bertz CT molecular complexity index is 1220. The molecule has 1 unspecified atom stereocenters. The van der Waals surface area contributed by atoms with Crippen molar-refractivity contribution in [3.8, 4) is 0 Å². The van der Waals surface area contributed by atoms with E-state index >= 15 is 0 Å². The predicted octanol–water partition coefficient (Wildman–Crippen LogP) is 4.72. The van der Waals surface area contributed by atoms with Gasteiger partial charge in [-0.15, -0.1) is 0 Å². The van der Waals surface area contributed by atoms with Gasteiger partial charge < -0.3 is 20.0 Å². The number of amides is 1. The lowest BCUT2D eigenvalue weighted by molar-refractivity contribution is -0.120. The van der Waals surface area contributed by atoms with Crippen molar-refractivity contribution in [3.05, 3.63) is 95.3 Å². The molecule has 7 heteroatoms. The highest BCUT2D eigenvalue weighted by Gasteiger charge is 2.38. The molecule has 0 saturated heterocycles. The summed E-state index contributed by atoms with van der Waals surface area (Å²) < 4.78 is 19.3. The number of benzene rings is 2. The maximum absolute atomic E-state index is 13.5. The number of carbonyl (C=O) groups is 2. The third-order valence-corrected chi connectivity index (χ3v) is 6.05. The summed E-state index contributed by atoms with van der Waals surface area (Å²) in [7, 11) is 0. The van der Waals surface area contributed by atoms with E-state index in [2.05, 4.69) is 10.6 Å². The zero-order chi connectivity index (χ0) is 22.8. The second-order valence-corrected chi connectivity index (χ2v) is 8.26. The molecule has 1 aliphatic heterocycles. The molecule has 6 nitrogen and oxygen atoms in total. The fraction of sp³-hybridized carbons (Fsp3) is 0.231. The third kappa shape index (κ3) is 4.26. The van der Waals surface area contributed by atoms with Crippen LogP contribution in [0, 0.1) is 5.82 Å². The molecule has 1 atom stereocenters. The van der Waals surface area contributed by atoms with E-state index < -0.39 is 6.04 Å². The Hall–Kier alpha value is -3.87. The molecule has 3 aromatic rings. The third-order valence-electron chi connectivity index (χ3n) is 6.05. The molecule has 0 fully saturated rings. The topological polar surface area (TPSA) is 74.6 Å². The molecule has 168 valence electrons. The van der Waals surface area contributed by atoms with E-state index in [-0.39, 0.29) is 30.6 Å². The standard InChI is InChI=1S/C26H24FN3O3/c27-18-7-3-6-17(14-18)15-28-24(32)16-30-21-10-2-1-8-19(21)29-20-9-4-11-22(31)25(20)26(30)23-12-5-13-33-23/h1-3,5-8,10,12-14,26,29H,4,9,11,15-16H2,(H,28,32). The normalized spacial score (nSPS) is 17.7. The summed E-state index contributed by atoms with van der Waals surface area (Å²) in [6, 6.07) is 16.9. The fourth-order valence-electron chi connectivity index (χ4n) is 4.58. The van der Waals surface area contributed by atoms with Crippen LogP contribution in [-0.4, -0.2) is 18.2 Å². The van der Waals surface area contributed by atoms with Gasteiger partial charge in [0.2, 0.25) is 5.91 Å². The zero-order valence-electron chi connectivity index (χ0n) is 18.0. The van der Waals surface area contributed by atoms with Crippen LogP contribution in [0.25, 0.3) is 0 Å². The van der Waals surface area contributed by atoms with E-state index in [1.54, 1.807) is 24.5 Å². The van der Waals surface area contributed by atoms with Gasteiger partial charge >= 0.3 is 0 Å². The molecule has 0 bridgehead atoms. The average molecular weight is 445 g/mol. The van der Waals surface area contributed by atoms with Gasteiger partial charge in [0, 0.05) is 24.2 Å². The smallest absolute Gasteiger partial charge is 0.239 e. The van der Waals surface area contributed by atoms with Gasteiger partial charge in [-0.25, -0.2) is 4.39 Å². The number of anilines is 2. The minimum atomic E-state index is -0.529. The summed E-state index contributed by atoms with van der Waals surface area (Å²) in [5, 5.41) is 6.33. The molecular weight excluding hydrogens is 421 g/mol. The number of rotatable bonds is 5. The minimum absolute atomic E-state index is 0.00341. The first-order valence-corrected chi connectivity index (χ1v) is 11.0. The number of carbonyl (C=O) groups excluding carboxylic acids is 2. The summed E-state index contributed by atoms with van der Waals surface area (Å²) in [5.41, 5.74) is 3.85. The highest BCUT2D eigenvalue weighted by Crippen LogP contribution is 2.44. The van der Waals surface area contributed by atoms with Crippen molar-refractivity contribution >= 4 is 23.1 Å². The van der Waals surface area contributed by atoms with Gasteiger partial charge in [-0.1, -0.05) is 24.3 Å². The molecule has 2 N–H and O–H groups in total. The van der Waals surface area contributed by atoms with E-state index in [9.17, 15) is 14.0 Å². The molecule has 2 aromatic carbocycles. The molecule has 0 saturated carbocycles. The van der Waals surface area contributed by atoms with Crippen LogP contribution in [0.4, 0.5) is 15.8 Å². The molecule has 1 amide bonds. The van der Waals surface area contributed by atoms with E-state index in [0.717, 1.165) is 29.9 Å². The predicted molar refractivity (Wildman–Crippen MR) is 123 cm³/mol. The number of hydrogen-bond donors (Lipinski definition) is 2. The minimum Gasteiger partial charge on any atom is -0.467 e. The quantitative estimate of drug-likeness (QED) is 0.595. The zero-order valence-corrected chi connectivity index (χ0v) is 18.0. The number of allylic oxidation sites excluding steroid dienone is 1. The molecule has 2 heterocycles. The highest BCUT2D eigenvalue weighted by atomic mass is 19.1. The van der Waals surface area contributed by atoms with Crippen LogP contribution >= 0.6 is 0 Å². The van der Waals surface area contributed by atoms with Crippen molar-refractivity contribution in [2.45, 2.75) is 31.8 Å². The molecule has 5 rings (SSSR count). The Morgan fingerprint density at radius 2 is 2.00 bits per heavy atom. The molecule has 1 aromatic heterocycles. The van der Waals surface area contributed by atoms with E-state index in [0.29, 0.717) is 23.3 Å². The second kappa shape index (κ2) is 8.94. The summed E-state index contributed by atoms with van der Waals surface area (Å²) in [6.07, 6.45) is 3.58. The van der Waals surface area contributed by atoms with Gasteiger partial charge in [0.1, 0.15) is 17.6 Å². The highest BCUT2D eigenvalue weighted by molar-refractivity contribution is 6.01. The van der Waals surface area contributed by atoms with Crippen LogP contribution in [0.2, 0.25) is 0 Å². The van der Waals surface area contributed by atoms with Crippen molar-refractivity contribution in [2.75, 3.05) is 16.8 Å². The number of furan rings is 1. The molecule has 2 aliphatic rings. The maximum Gasteiger partial charge on any atom is 0.239 e. The Balaban J connectivity index is 1.50. The Morgan fingerprint density at radius 3 is 2.82 bits per heavy atom. The second-order valence-electron chi connectivity index (χ2n) is 8.26. The van der Waals surface area contributed by atoms with Crippen molar-refractivity contribution in [1.29, 1.82) is 0 Å². The first-order chi connectivity index (χ1) is 16.1. The van der Waals surface area contributed by atoms with Gasteiger partial charge in [0.05, 0.1) is 24.2 Å². The number of halogens is 1. The summed E-state index contributed by atoms with van der Waals surface area (Å²) in [4.78, 5) is 28.1. The van der Waals surface area contributed by atoms with E-state index in [1.165, 1.54) is 12.1 Å². The van der Waals surface area contributed by atoms with Crippen LogP contribution < -0.4 is 15.5 Å². The first kappa shape index (κ1) is 21.0. The SMILES string of the molecule is O=C(CN1c2ccccc2NC2=C(C(=O)CCC2)C1c1ccco1)NCc1cccc(F)c1. The van der Waals surface area contributed by atoms with E-state index in [1.807, 2.05) is 35.2 Å². The van der Waals surface area contributed by atoms with Crippen molar-refractivity contribution in [1.82, 2.24) is 5.32 Å². The van der Waals surface area contributed by atoms with Crippen LogP contribution in [0.3, 0.4) is 0 Å². The molecule has 0 radical (unpaired) electrons. The molecule has 0 spiro atoms. The number of nitrogens with one attached hydrogen (secondary N) is 2. The fourth-order valence-corrected chi connectivity index (χ4v) is 4.58. The molecule has 33 heavy (non-hydrogen) atoms. The van der Waals surface area contributed by atoms with Gasteiger partial charge in [-0.3, -0.25) is 9.59 Å². The maximum atomic E-state index is 13.5. The van der Waals surface area contributed by atoms with Crippen molar-refractivity contribution in [3.63, 3.8) is 0 Å². The number of Topliss-reactive ketones (excluding diaryl/α,β-unsaturated/α-hetero) is 1. The van der Waals surface area contributed by atoms with Crippen LogP contribution in [0.1, 0.15) is 36.6 Å². The molecular formula is C26H24FN3O3. The summed E-state index contributed by atoms with van der Waals surface area (Å²) in [5.74, 6) is 0.0812. The lowest BCUT2D eigenvalue weighted by Gasteiger charge is -2.33. The Kier molecular flexibility index (Phi) is 5.69. The lowest BCUT2D eigenvalue weighted by Crippen LogP contribution is -2.41. The average Bonchev–Trinajstić information content (AvgIpc) is 3.29.